The molecule has 1 aromatic rings. The third-order valence-electron chi connectivity index (χ3n) is 6.51. The molecule has 1 aromatic carbocycles. The van der Waals surface area contributed by atoms with Crippen LogP contribution in [0, 0.1) is 10.8 Å². The minimum absolute atomic E-state index is 0.0709. The fraction of sp³-hybridized carbons (Fsp3) is 0.591. The maximum Gasteiger partial charge on any atom is 0.262 e. The number of carbonyl (C=O) groups is 3. The van der Waals surface area contributed by atoms with Crippen molar-refractivity contribution in [2.75, 3.05) is 6.54 Å². The van der Waals surface area contributed by atoms with Gasteiger partial charge in [-0.15, -0.1) is 0 Å². The first-order valence-corrected chi connectivity index (χ1v) is 9.93. The Morgan fingerprint density at radius 3 is 2.26 bits per heavy atom. The zero-order valence-corrected chi connectivity index (χ0v) is 16.6. The van der Waals surface area contributed by atoms with Crippen molar-refractivity contribution >= 4 is 17.7 Å². The van der Waals surface area contributed by atoms with Gasteiger partial charge in [0.2, 0.25) is 5.91 Å². The normalized spacial score (nSPS) is 29.9. The van der Waals surface area contributed by atoms with Crippen LogP contribution in [0.25, 0.3) is 0 Å². The summed E-state index contributed by atoms with van der Waals surface area (Å²) in [6.45, 7) is 9.40. The lowest BCUT2D eigenvalue weighted by molar-refractivity contribution is -0.136. The molecule has 2 bridgehead atoms. The van der Waals surface area contributed by atoms with Crippen LogP contribution in [-0.4, -0.2) is 46.1 Å². The van der Waals surface area contributed by atoms with Crippen LogP contribution in [-0.2, 0) is 4.79 Å². The summed E-state index contributed by atoms with van der Waals surface area (Å²) in [5.41, 5.74) is 1.15. The number of carbonyl (C=O) groups excluding carboxylic acids is 3. The van der Waals surface area contributed by atoms with Crippen LogP contribution in [0.5, 0.6) is 0 Å². The van der Waals surface area contributed by atoms with Crippen molar-refractivity contribution in [3.63, 3.8) is 0 Å². The van der Waals surface area contributed by atoms with Crippen molar-refractivity contribution in [3.05, 3.63) is 35.4 Å². The predicted molar refractivity (Wildman–Crippen MR) is 102 cm³/mol. The number of rotatable bonds is 3. The van der Waals surface area contributed by atoms with Gasteiger partial charge in [0.15, 0.2) is 0 Å². The lowest BCUT2D eigenvalue weighted by Crippen LogP contribution is -2.52. The van der Waals surface area contributed by atoms with Crippen molar-refractivity contribution in [2.24, 2.45) is 10.8 Å². The topological polar surface area (TPSA) is 57.7 Å². The van der Waals surface area contributed by atoms with Crippen LogP contribution in [0.1, 0.15) is 74.1 Å². The van der Waals surface area contributed by atoms with E-state index in [4.69, 9.17) is 0 Å². The highest BCUT2D eigenvalue weighted by Gasteiger charge is 2.53. The maximum absolute atomic E-state index is 13.5. The van der Waals surface area contributed by atoms with E-state index in [1.807, 2.05) is 11.8 Å². The Morgan fingerprint density at radius 1 is 1.11 bits per heavy atom. The standard InChI is InChI=1S/C22H28N2O3/c1-5-17(24-18(25)15-8-6-7-9-16(15)19(24)26)20(27)23-13-22(4)11-14(23)10-21(2,3)12-22/h6-9,14,17H,5,10-13H2,1-4H3/t14-,17-,22+/m0/s1. The Morgan fingerprint density at radius 2 is 1.70 bits per heavy atom. The van der Waals surface area contributed by atoms with Crippen LogP contribution in [0.15, 0.2) is 24.3 Å². The van der Waals surface area contributed by atoms with E-state index < -0.39 is 6.04 Å². The third kappa shape index (κ3) is 2.79. The maximum atomic E-state index is 13.5. The quantitative estimate of drug-likeness (QED) is 0.768. The molecular formula is C22H28N2O3. The first-order valence-electron chi connectivity index (χ1n) is 9.93. The molecule has 0 aromatic heterocycles. The predicted octanol–water partition coefficient (Wildman–Crippen LogP) is 3.49. The summed E-state index contributed by atoms with van der Waals surface area (Å²) in [4.78, 5) is 42.4. The average molecular weight is 368 g/mol. The molecule has 1 aliphatic carbocycles. The molecule has 144 valence electrons. The Kier molecular flexibility index (Phi) is 3.99. The zero-order valence-electron chi connectivity index (χ0n) is 16.6. The van der Waals surface area contributed by atoms with Crippen molar-refractivity contribution in [3.8, 4) is 0 Å². The lowest BCUT2D eigenvalue weighted by atomic mass is 9.65. The van der Waals surface area contributed by atoms with Crippen molar-refractivity contribution < 1.29 is 14.4 Å². The minimum Gasteiger partial charge on any atom is -0.337 e. The Bertz CT molecular complexity index is 796. The molecule has 0 N–H and O–H groups in total. The van der Waals surface area contributed by atoms with Crippen molar-refractivity contribution in [1.29, 1.82) is 0 Å². The fourth-order valence-electron chi connectivity index (χ4n) is 5.87. The third-order valence-corrected chi connectivity index (χ3v) is 6.51. The summed E-state index contributed by atoms with van der Waals surface area (Å²) in [5.74, 6) is -0.757. The molecule has 3 atom stereocenters. The number of hydrogen-bond donors (Lipinski definition) is 0. The van der Waals surface area contributed by atoms with E-state index >= 15 is 0 Å². The van der Waals surface area contributed by atoms with Gasteiger partial charge < -0.3 is 4.90 Å². The first-order chi connectivity index (χ1) is 12.7. The molecule has 5 heteroatoms. The van der Waals surface area contributed by atoms with Crippen LogP contribution >= 0.6 is 0 Å². The number of benzene rings is 1. The molecule has 0 unspecified atom stereocenters. The van der Waals surface area contributed by atoms with E-state index in [1.165, 1.54) is 4.90 Å². The van der Waals surface area contributed by atoms with Crippen LogP contribution in [0.2, 0.25) is 0 Å². The van der Waals surface area contributed by atoms with E-state index in [-0.39, 0.29) is 34.6 Å². The number of amides is 3. The average Bonchev–Trinajstić information content (AvgIpc) is 3.00. The molecule has 0 spiro atoms. The minimum atomic E-state index is -0.719. The van der Waals surface area contributed by atoms with Gasteiger partial charge in [-0.1, -0.05) is 39.8 Å². The van der Waals surface area contributed by atoms with E-state index in [0.29, 0.717) is 17.5 Å². The van der Waals surface area contributed by atoms with Crippen molar-refractivity contribution in [1.82, 2.24) is 9.80 Å². The molecule has 1 saturated heterocycles. The highest BCUT2D eigenvalue weighted by molar-refractivity contribution is 6.22. The van der Waals surface area contributed by atoms with Crippen LogP contribution in [0.3, 0.4) is 0 Å². The molecule has 2 aliphatic heterocycles. The second-order valence-corrected chi connectivity index (χ2v) is 9.63. The molecule has 3 amide bonds. The van der Waals surface area contributed by atoms with Gasteiger partial charge in [-0.25, -0.2) is 0 Å². The molecule has 1 saturated carbocycles. The largest absolute Gasteiger partial charge is 0.337 e. The monoisotopic (exact) mass is 368 g/mol. The molecule has 5 nitrogen and oxygen atoms in total. The zero-order chi connectivity index (χ0) is 19.6. The molecule has 0 radical (unpaired) electrons. The van der Waals surface area contributed by atoms with E-state index in [2.05, 4.69) is 20.8 Å². The smallest absolute Gasteiger partial charge is 0.262 e. The molecule has 2 heterocycles. The Hall–Kier alpha value is -2.17. The van der Waals surface area contributed by atoms with Crippen LogP contribution < -0.4 is 0 Å². The molecule has 2 fully saturated rings. The first kappa shape index (κ1) is 18.2. The summed E-state index contributed by atoms with van der Waals surface area (Å²) >= 11 is 0. The number of likely N-dealkylation sites (tertiary alicyclic amines) is 1. The molecule has 3 aliphatic rings. The van der Waals surface area contributed by atoms with Crippen molar-refractivity contribution in [2.45, 2.75) is 65.5 Å². The highest BCUT2D eigenvalue weighted by atomic mass is 16.2. The second-order valence-electron chi connectivity index (χ2n) is 9.63. The summed E-state index contributed by atoms with van der Waals surface area (Å²) in [6, 6.07) is 6.32. The molecule has 4 rings (SSSR count). The summed E-state index contributed by atoms with van der Waals surface area (Å²) in [7, 11) is 0. The van der Waals surface area contributed by atoms with E-state index in [9.17, 15) is 14.4 Å². The van der Waals surface area contributed by atoms with Gasteiger partial charge in [0.05, 0.1) is 11.1 Å². The number of nitrogens with zero attached hydrogens (tertiary/aromatic N) is 2. The Balaban J connectivity index is 1.62. The number of imide groups is 1. The summed E-state index contributed by atoms with van der Waals surface area (Å²) in [5, 5.41) is 0. The number of fused-ring (bicyclic) bond motifs is 3. The summed E-state index contributed by atoms with van der Waals surface area (Å²) in [6.07, 6.45) is 3.53. The fourth-order valence-corrected chi connectivity index (χ4v) is 5.87. The van der Waals surface area contributed by atoms with E-state index in [1.54, 1.807) is 24.3 Å². The van der Waals surface area contributed by atoms with Gasteiger partial charge in [-0.3, -0.25) is 19.3 Å². The van der Waals surface area contributed by atoms with Gasteiger partial charge in [-0.05, 0) is 48.6 Å². The SMILES string of the molecule is CC[C@@H](C(=O)N1C[C@]2(C)C[C@@H]1CC(C)(C)C2)N1C(=O)c2ccccc2C1=O. The van der Waals surface area contributed by atoms with Gasteiger partial charge in [-0.2, -0.15) is 0 Å². The lowest BCUT2D eigenvalue weighted by Gasteiger charge is -2.39. The van der Waals surface area contributed by atoms with Gasteiger partial charge in [0, 0.05) is 12.6 Å². The Labute approximate surface area is 160 Å². The molecule has 27 heavy (non-hydrogen) atoms. The highest BCUT2D eigenvalue weighted by Crippen LogP contribution is 2.52. The second kappa shape index (κ2) is 5.91. The van der Waals surface area contributed by atoms with Gasteiger partial charge >= 0.3 is 0 Å². The van der Waals surface area contributed by atoms with Gasteiger partial charge in [0.25, 0.3) is 11.8 Å². The van der Waals surface area contributed by atoms with Gasteiger partial charge in [0.1, 0.15) is 6.04 Å². The van der Waals surface area contributed by atoms with Crippen LogP contribution in [0.4, 0.5) is 0 Å². The molecular weight excluding hydrogens is 340 g/mol. The summed E-state index contributed by atoms with van der Waals surface area (Å²) < 4.78 is 0. The number of hydrogen-bond acceptors (Lipinski definition) is 3. The van der Waals surface area contributed by atoms with E-state index in [0.717, 1.165) is 25.8 Å².